The first kappa shape index (κ1) is 29.3. The van der Waals surface area contributed by atoms with Gasteiger partial charge in [-0.15, -0.1) is 0 Å². The van der Waals surface area contributed by atoms with Crippen molar-refractivity contribution in [3.8, 4) is 0 Å². The maximum absolute atomic E-state index is 13.8. The maximum Gasteiger partial charge on any atom is 0.416 e. The molecule has 0 N–H and O–H groups in total. The average molecular weight is 605 g/mol. The number of fused-ring (bicyclic) bond motifs is 1. The maximum atomic E-state index is 13.8. The molecule has 6 rings (SSSR count). The molecule has 1 aliphatic heterocycles. The zero-order valence-electron chi connectivity index (χ0n) is 23.0. The van der Waals surface area contributed by atoms with Crippen LogP contribution in [-0.2, 0) is 16.2 Å². The molecule has 3 aromatic rings. The van der Waals surface area contributed by atoms with E-state index >= 15 is 0 Å². The van der Waals surface area contributed by atoms with Crippen molar-refractivity contribution in [2.45, 2.75) is 61.2 Å². The lowest BCUT2D eigenvalue weighted by Gasteiger charge is -2.33. The summed E-state index contributed by atoms with van der Waals surface area (Å²) in [6.45, 7) is 2.25. The van der Waals surface area contributed by atoms with Gasteiger partial charge in [0.15, 0.2) is 0 Å². The quantitative estimate of drug-likeness (QED) is 0.246. The van der Waals surface area contributed by atoms with Crippen LogP contribution in [0.15, 0.2) is 77.7 Å². The Morgan fingerprint density at radius 3 is 2.02 bits per heavy atom. The van der Waals surface area contributed by atoms with E-state index in [9.17, 15) is 30.4 Å². The molecule has 1 heterocycles. The Bertz CT molecular complexity index is 1460. The number of nitrogens with zero attached hydrogens (tertiary/aromatic N) is 2. The molecule has 0 aromatic heterocycles. The SMILES string of the molecule is O=S(=O)(c1cccc(C(F)(F)F)c1)N(C1CC1)C1CCC2CN(CCC(c3ccc(F)cc3)c3ccc(F)cc3)CC21. The lowest BCUT2D eigenvalue weighted by atomic mass is 9.88. The molecular formula is C32H33F5N2O2S. The van der Waals surface area contributed by atoms with Crippen molar-refractivity contribution in [1.82, 2.24) is 9.21 Å². The van der Waals surface area contributed by atoms with E-state index in [-0.39, 0.29) is 40.4 Å². The number of likely N-dealkylation sites (tertiary alicyclic amines) is 1. The number of rotatable bonds is 9. The molecule has 0 radical (unpaired) electrons. The van der Waals surface area contributed by atoms with Crippen LogP contribution in [0.3, 0.4) is 0 Å². The van der Waals surface area contributed by atoms with Gasteiger partial charge in [0.1, 0.15) is 11.6 Å². The van der Waals surface area contributed by atoms with Crippen molar-refractivity contribution in [2.24, 2.45) is 11.8 Å². The summed E-state index contributed by atoms with van der Waals surface area (Å²) in [4.78, 5) is 2.03. The van der Waals surface area contributed by atoms with Gasteiger partial charge < -0.3 is 4.90 Å². The molecule has 3 fully saturated rings. The molecule has 224 valence electrons. The van der Waals surface area contributed by atoms with E-state index in [0.717, 1.165) is 55.3 Å². The van der Waals surface area contributed by atoms with Gasteiger partial charge in [-0.1, -0.05) is 30.3 Å². The summed E-state index contributed by atoms with van der Waals surface area (Å²) < 4.78 is 96.6. The summed E-state index contributed by atoms with van der Waals surface area (Å²) in [5.41, 5.74) is 0.909. The van der Waals surface area contributed by atoms with Gasteiger partial charge in [0, 0.05) is 31.1 Å². The third-order valence-corrected chi connectivity index (χ3v) is 11.1. The second kappa shape index (κ2) is 11.4. The molecule has 42 heavy (non-hydrogen) atoms. The smallest absolute Gasteiger partial charge is 0.303 e. The van der Waals surface area contributed by atoms with E-state index in [1.165, 1.54) is 34.6 Å². The van der Waals surface area contributed by atoms with Gasteiger partial charge in [0.05, 0.1) is 10.5 Å². The van der Waals surface area contributed by atoms with E-state index in [0.29, 0.717) is 31.7 Å². The highest BCUT2D eigenvalue weighted by Gasteiger charge is 2.52. The Morgan fingerprint density at radius 2 is 1.45 bits per heavy atom. The van der Waals surface area contributed by atoms with Crippen LogP contribution in [0.5, 0.6) is 0 Å². The minimum Gasteiger partial charge on any atom is -0.303 e. The number of hydrogen-bond acceptors (Lipinski definition) is 3. The van der Waals surface area contributed by atoms with E-state index in [4.69, 9.17) is 0 Å². The van der Waals surface area contributed by atoms with Gasteiger partial charge in [0.2, 0.25) is 10.0 Å². The van der Waals surface area contributed by atoms with Gasteiger partial charge >= 0.3 is 6.18 Å². The van der Waals surface area contributed by atoms with Crippen LogP contribution in [0.1, 0.15) is 54.7 Å². The molecule has 3 aromatic carbocycles. The second-order valence-corrected chi connectivity index (χ2v) is 13.7. The highest BCUT2D eigenvalue weighted by Crippen LogP contribution is 2.47. The summed E-state index contributed by atoms with van der Waals surface area (Å²) in [5, 5.41) is 0. The van der Waals surface area contributed by atoms with Crippen LogP contribution >= 0.6 is 0 Å². The number of sulfonamides is 1. The first-order valence-corrected chi connectivity index (χ1v) is 15.9. The van der Waals surface area contributed by atoms with Crippen molar-refractivity contribution in [3.63, 3.8) is 0 Å². The van der Waals surface area contributed by atoms with Crippen LogP contribution in [0.4, 0.5) is 22.0 Å². The molecule has 0 bridgehead atoms. The summed E-state index contributed by atoms with van der Waals surface area (Å²) in [6.07, 6.45) is -0.909. The molecule has 2 saturated carbocycles. The minimum atomic E-state index is -4.62. The molecule has 3 aliphatic rings. The highest BCUT2D eigenvalue weighted by atomic mass is 32.2. The zero-order chi connectivity index (χ0) is 29.6. The van der Waals surface area contributed by atoms with Crippen LogP contribution in [0, 0.1) is 23.5 Å². The van der Waals surface area contributed by atoms with Gasteiger partial charge in [-0.25, -0.2) is 17.2 Å². The summed E-state index contributed by atoms with van der Waals surface area (Å²) in [6, 6.07) is 16.4. The predicted molar refractivity (Wildman–Crippen MR) is 149 cm³/mol. The Hall–Kier alpha value is -2.82. The van der Waals surface area contributed by atoms with E-state index < -0.39 is 21.8 Å². The summed E-state index contributed by atoms with van der Waals surface area (Å²) in [7, 11) is -4.11. The minimum absolute atomic E-state index is 0.0633. The molecule has 0 amide bonds. The molecule has 1 saturated heterocycles. The molecule has 3 unspecified atom stereocenters. The monoisotopic (exact) mass is 604 g/mol. The fraction of sp³-hybridized carbons (Fsp3) is 0.438. The largest absolute Gasteiger partial charge is 0.416 e. The van der Waals surface area contributed by atoms with Crippen molar-refractivity contribution >= 4 is 10.0 Å². The number of hydrogen-bond donors (Lipinski definition) is 0. The standard InChI is InChI=1S/C32H33F5N2O2S/c33-25-9-4-21(5-10-25)29(22-6-11-26(34)12-7-22)16-17-38-19-23-8-15-31(30(23)20-38)39(27-13-14-27)42(40,41)28-3-1-2-24(18-28)32(35,36)37/h1-7,9-12,18,23,27,29-31H,8,13-17,19-20H2. The highest BCUT2D eigenvalue weighted by molar-refractivity contribution is 7.89. The van der Waals surface area contributed by atoms with Gasteiger partial charge in [-0.3, -0.25) is 0 Å². The van der Waals surface area contributed by atoms with Crippen molar-refractivity contribution in [2.75, 3.05) is 19.6 Å². The van der Waals surface area contributed by atoms with E-state index in [1.54, 1.807) is 24.3 Å². The van der Waals surface area contributed by atoms with Crippen molar-refractivity contribution < 1.29 is 30.4 Å². The molecule has 0 spiro atoms. The van der Waals surface area contributed by atoms with Crippen molar-refractivity contribution in [1.29, 1.82) is 0 Å². The second-order valence-electron chi connectivity index (χ2n) is 11.9. The number of halogens is 5. The molecular weight excluding hydrogens is 571 g/mol. The third-order valence-electron chi connectivity index (χ3n) is 9.14. The normalized spacial score (nSPS) is 23.2. The Morgan fingerprint density at radius 1 is 0.833 bits per heavy atom. The fourth-order valence-electron chi connectivity index (χ4n) is 6.98. The van der Waals surface area contributed by atoms with Crippen LogP contribution in [0.25, 0.3) is 0 Å². The molecule has 2 aliphatic carbocycles. The Labute approximate surface area is 243 Å². The van der Waals surface area contributed by atoms with Crippen LogP contribution in [0.2, 0.25) is 0 Å². The van der Waals surface area contributed by atoms with Crippen LogP contribution < -0.4 is 0 Å². The fourth-order valence-corrected chi connectivity index (χ4v) is 8.98. The van der Waals surface area contributed by atoms with Crippen molar-refractivity contribution in [3.05, 3.63) is 101 Å². The summed E-state index contributed by atoms with van der Waals surface area (Å²) >= 11 is 0. The lowest BCUT2D eigenvalue weighted by Crippen LogP contribution is -2.45. The van der Waals surface area contributed by atoms with Gasteiger partial charge in [-0.2, -0.15) is 17.5 Å². The van der Waals surface area contributed by atoms with Gasteiger partial charge in [-0.05, 0) is 104 Å². The molecule has 3 atom stereocenters. The van der Waals surface area contributed by atoms with E-state index in [1.807, 2.05) is 0 Å². The summed E-state index contributed by atoms with van der Waals surface area (Å²) in [5.74, 6) is -0.304. The Balaban J connectivity index is 1.19. The number of alkyl halides is 3. The average Bonchev–Trinajstić information content (AvgIpc) is 3.59. The molecule has 10 heteroatoms. The zero-order valence-corrected chi connectivity index (χ0v) is 23.8. The van der Waals surface area contributed by atoms with Gasteiger partial charge in [0.25, 0.3) is 0 Å². The Kier molecular flexibility index (Phi) is 7.91. The lowest BCUT2D eigenvalue weighted by molar-refractivity contribution is -0.137. The van der Waals surface area contributed by atoms with E-state index in [2.05, 4.69) is 4.90 Å². The first-order chi connectivity index (χ1) is 20.0. The topological polar surface area (TPSA) is 40.6 Å². The predicted octanol–water partition coefficient (Wildman–Crippen LogP) is 7.07. The first-order valence-electron chi connectivity index (χ1n) is 14.4. The molecule has 4 nitrogen and oxygen atoms in total. The number of benzene rings is 3. The third kappa shape index (κ3) is 5.98. The van der Waals surface area contributed by atoms with Crippen LogP contribution in [-0.4, -0.2) is 49.3 Å².